The molecule has 2 heterocycles. The van der Waals surface area contributed by atoms with E-state index >= 15 is 0 Å². The zero-order valence-corrected chi connectivity index (χ0v) is 17.7. The average molecular weight is 398 g/mol. The molecule has 0 radical (unpaired) electrons. The van der Waals surface area contributed by atoms with Gasteiger partial charge in [0.25, 0.3) is 5.91 Å². The second-order valence-electron chi connectivity index (χ2n) is 8.91. The Balaban J connectivity index is 1.50. The van der Waals surface area contributed by atoms with Crippen LogP contribution in [0.25, 0.3) is 0 Å². The third-order valence-electron chi connectivity index (χ3n) is 5.99. The first kappa shape index (κ1) is 20.0. The van der Waals surface area contributed by atoms with Crippen molar-refractivity contribution in [3.05, 3.63) is 47.3 Å². The molecular formula is C23H31N3O3. The van der Waals surface area contributed by atoms with Gasteiger partial charge < -0.3 is 14.4 Å². The van der Waals surface area contributed by atoms with Gasteiger partial charge in [0.05, 0.1) is 25.5 Å². The zero-order chi connectivity index (χ0) is 20.4. The van der Waals surface area contributed by atoms with Gasteiger partial charge in [-0.25, -0.2) is 0 Å². The maximum absolute atomic E-state index is 13.4. The van der Waals surface area contributed by atoms with Crippen LogP contribution in [0.1, 0.15) is 54.4 Å². The van der Waals surface area contributed by atoms with Gasteiger partial charge in [-0.05, 0) is 43.5 Å². The molecule has 1 saturated carbocycles. The molecule has 1 aromatic heterocycles. The number of ether oxygens (including phenoxy) is 2. The molecule has 1 saturated heterocycles. The first-order valence-corrected chi connectivity index (χ1v) is 10.5. The van der Waals surface area contributed by atoms with Gasteiger partial charge in [0.1, 0.15) is 11.4 Å². The third-order valence-corrected chi connectivity index (χ3v) is 5.99. The lowest BCUT2D eigenvalue weighted by Gasteiger charge is -2.37. The van der Waals surface area contributed by atoms with Crippen LogP contribution in [0.2, 0.25) is 0 Å². The topological polar surface area (TPSA) is 56.6 Å². The minimum Gasteiger partial charge on any atom is -0.493 e. The molecule has 0 spiro atoms. The first-order chi connectivity index (χ1) is 13.9. The predicted molar refractivity (Wildman–Crippen MR) is 111 cm³/mol. The summed E-state index contributed by atoms with van der Waals surface area (Å²) in [5.74, 6) is 0.913. The summed E-state index contributed by atoms with van der Waals surface area (Å²) >= 11 is 0. The largest absolute Gasteiger partial charge is 0.493 e. The minimum absolute atomic E-state index is 0.0606. The van der Waals surface area contributed by atoms with Crippen molar-refractivity contribution in [2.24, 2.45) is 12.5 Å². The normalized spacial score (nSPS) is 18.4. The van der Waals surface area contributed by atoms with E-state index in [0.29, 0.717) is 18.8 Å². The minimum atomic E-state index is 0.0606. The van der Waals surface area contributed by atoms with E-state index < -0.39 is 0 Å². The molecule has 29 heavy (non-hydrogen) atoms. The van der Waals surface area contributed by atoms with Crippen molar-refractivity contribution in [3.63, 3.8) is 0 Å². The summed E-state index contributed by atoms with van der Waals surface area (Å²) in [5.41, 5.74) is 2.72. The molecule has 6 nitrogen and oxygen atoms in total. The molecule has 2 aliphatic rings. The van der Waals surface area contributed by atoms with Crippen LogP contribution in [0.15, 0.2) is 30.3 Å². The van der Waals surface area contributed by atoms with Crippen molar-refractivity contribution >= 4 is 5.91 Å². The fraction of sp³-hybridized carbons (Fsp3) is 0.565. The molecule has 1 aromatic carbocycles. The lowest BCUT2D eigenvalue weighted by Crippen LogP contribution is -2.44. The van der Waals surface area contributed by atoms with Crippen molar-refractivity contribution in [1.82, 2.24) is 14.7 Å². The maximum Gasteiger partial charge on any atom is 0.272 e. The summed E-state index contributed by atoms with van der Waals surface area (Å²) in [7, 11) is 1.84. The highest BCUT2D eigenvalue weighted by molar-refractivity contribution is 5.93. The maximum atomic E-state index is 13.4. The van der Waals surface area contributed by atoms with Crippen molar-refractivity contribution < 1.29 is 14.3 Å². The fourth-order valence-corrected chi connectivity index (χ4v) is 4.26. The van der Waals surface area contributed by atoms with Crippen LogP contribution in [0, 0.1) is 12.3 Å². The van der Waals surface area contributed by atoms with E-state index in [2.05, 4.69) is 24.2 Å². The Morgan fingerprint density at radius 3 is 2.69 bits per heavy atom. The summed E-state index contributed by atoms with van der Waals surface area (Å²) < 4.78 is 13.0. The Hall–Kier alpha value is -2.34. The van der Waals surface area contributed by atoms with Crippen LogP contribution < -0.4 is 4.74 Å². The molecule has 4 rings (SSSR count). The Bertz CT molecular complexity index is 866. The monoisotopic (exact) mass is 397 g/mol. The van der Waals surface area contributed by atoms with Crippen LogP contribution in [0.3, 0.4) is 0 Å². The Morgan fingerprint density at radius 2 is 2.07 bits per heavy atom. The fourth-order valence-electron chi connectivity index (χ4n) is 4.26. The summed E-state index contributed by atoms with van der Waals surface area (Å²) in [4.78, 5) is 15.4. The van der Waals surface area contributed by atoms with Gasteiger partial charge in [-0.15, -0.1) is 0 Å². The summed E-state index contributed by atoms with van der Waals surface area (Å²) in [5, 5.41) is 4.36. The Morgan fingerprint density at radius 1 is 1.31 bits per heavy atom. The highest BCUT2D eigenvalue weighted by atomic mass is 16.5. The molecule has 0 N–H and O–H groups in total. The van der Waals surface area contributed by atoms with Crippen LogP contribution in [-0.4, -0.2) is 46.5 Å². The molecule has 0 unspecified atom stereocenters. The third kappa shape index (κ3) is 4.47. The number of hydrogen-bond acceptors (Lipinski definition) is 4. The highest BCUT2D eigenvalue weighted by Crippen LogP contribution is 2.29. The molecule has 2 aromatic rings. The second kappa shape index (κ2) is 8.19. The van der Waals surface area contributed by atoms with E-state index in [-0.39, 0.29) is 17.4 Å². The molecule has 6 heteroatoms. The standard InChI is InChI=1S/C23H31N3O3/c1-17-11-21(25(3)24-17)22(27)26(19-8-4-5-9-19)13-18-7-6-10-20(12-18)29-16-23(2)14-28-15-23/h6-7,10-12,19H,4-5,8-9,13-16H2,1-3H3. The second-order valence-corrected chi connectivity index (χ2v) is 8.91. The molecule has 1 amide bonds. The van der Waals surface area contributed by atoms with E-state index in [0.717, 1.165) is 43.1 Å². The van der Waals surface area contributed by atoms with E-state index in [1.807, 2.05) is 37.1 Å². The number of aromatic nitrogens is 2. The number of benzene rings is 1. The number of aryl methyl sites for hydroxylation is 2. The summed E-state index contributed by atoms with van der Waals surface area (Å²) in [6.07, 6.45) is 4.50. The Kier molecular flexibility index (Phi) is 5.63. The van der Waals surface area contributed by atoms with Gasteiger partial charge in [-0.1, -0.05) is 31.9 Å². The number of amides is 1. The number of carbonyl (C=O) groups excluding carboxylic acids is 1. The lowest BCUT2D eigenvalue weighted by molar-refractivity contribution is -0.120. The van der Waals surface area contributed by atoms with E-state index in [4.69, 9.17) is 9.47 Å². The van der Waals surface area contributed by atoms with Crippen molar-refractivity contribution in [1.29, 1.82) is 0 Å². The molecule has 0 atom stereocenters. The van der Waals surface area contributed by atoms with Crippen molar-refractivity contribution in [2.75, 3.05) is 19.8 Å². The highest BCUT2D eigenvalue weighted by Gasteiger charge is 2.34. The molecule has 156 valence electrons. The smallest absolute Gasteiger partial charge is 0.272 e. The summed E-state index contributed by atoms with van der Waals surface area (Å²) in [6.45, 7) is 6.84. The number of nitrogens with zero attached hydrogens (tertiary/aromatic N) is 3. The molecule has 0 bridgehead atoms. The lowest BCUT2D eigenvalue weighted by atomic mass is 9.90. The van der Waals surface area contributed by atoms with Crippen LogP contribution >= 0.6 is 0 Å². The number of carbonyl (C=O) groups is 1. The molecule has 1 aliphatic heterocycles. The van der Waals surface area contributed by atoms with Crippen LogP contribution in [0.4, 0.5) is 0 Å². The van der Waals surface area contributed by atoms with Gasteiger partial charge in [0.2, 0.25) is 0 Å². The SMILES string of the molecule is Cc1cc(C(=O)N(Cc2cccc(OCC3(C)COC3)c2)C2CCCC2)n(C)n1. The number of hydrogen-bond donors (Lipinski definition) is 0. The van der Waals surface area contributed by atoms with Crippen molar-refractivity contribution in [3.8, 4) is 5.75 Å². The van der Waals surface area contributed by atoms with E-state index in [1.165, 1.54) is 12.8 Å². The zero-order valence-electron chi connectivity index (χ0n) is 17.7. The van der Waals surface area contributed by atoms with E-state index in [1.54, 1.807) is 4.68 Å². The van der Waals surface area contributed by atoms with Gasteiger partial charge in [0.15, 0.2) is 0 Å². The molecule has 2 fully saturated rings. The number of rotatable bonds is 7. The molecular weight excluding hydrogens is 366 g/mol. The quantitative estimate of drug-likeness (QED) is 0.714. The first-order valence-electron chi connectivity index (χ1n) is 10.5. The average Bonchev–Trinajstić information content (AvgIpc) is 3.32. The van der Waals surface area contributed by atoms with Gasteiger partial charge in [-0.2, -0.15) is 5.10 Å². The predicted octanol–water partition coefficient (Wildman–Crippen LogP) is 3.73. The van der Waals surface area contributed by atoms with Gasteiger partial charge >= 0.3 is 0 Å². The van der Waals surface area contributed by atoms with Gasteiger partial charge in [0, 0.05) is 25.0 Å². The Labute approximate surface area is 172 Å². The van der Waals surface area contributed by atoms with E-state index in [9.17, 15) is 4.79 Å². The van der Waals surface area contributed by atoms with Gasteiger partial charge in [-0.3, -0.25) is 9.48 Å². The van der Waals surface area contributed by atoms with Crippen LogP contribution in [0.5, 0.6) is 5.75 Å². The van der Waals surface area contributed by atoms with Crippen LogP contribution in [-0.2, 0) is 18.3 Å². The summed E-state index contributed by atoms with van der Waals surface area (Å²) in [6, 6.07) is 10.3. The van der Waals surface area contributed by atoms with Crippen molar-refractivity contribution in [2.45, 2.75) is 52.1 Å². The molecule has 1 aliphatic carbocycles.